The van der Waals surface area contributed by atoms with Crippen LogP contribution in [0.25, 0.3) is 11.0 Å². The topological polar surface area (TPSA) is 107 Å². The number of nitrogens with one attached hydrogen (secondary N) is 1. The van der Waals surface area contributed by atoms with Gasteiger partial charge < -0.3 is 28.8 Å². The third kappa shape index (κ3) is 6.71. The fourth-order valence-corrected chi connectivity index (χ4v) is 4.68. The summed E-state index contributed by atoms with van der Waals surface area (Å²) in [4.78, 5) is 39.9. The molecule has 0 spiro atoms. The number of allylic oxidation sites excluding steroid dienone is 2. The summed E-state index contributed by atoms with van der Waals surface area (Å²) in [6.45, 7) is 8.96. The van der Waals surface area contributed by atoms with Gasteiger partial charge in [-0.1, -0.05) is 11.6 Å². The third-order valence-corrected chi connectivity index (χ3v) is 6.89. The molecule has 0 radical (unpaired) electrons. The van der Waals surface area contributed by atoms with Crippen molar-refractivity contribution in [3.05, 3.63) is 69.1 Å². The Morgan fingerprint density at radius 3 is 2.48 bits per heavy atom. The first-order valence-electron chi connectivity index (χ1n) is 13.3. The molecule has 40 heavy (non-hydrogen) atoms. The van der Waals surface area contributed by atoms with Crippen molar-refractivity contribution in [2.75, 3.05) is 32.6 Å². The molecule has 0 unspecified atom stereocenters. The summed E-state index contributed by atoms with van der Waals surface area (Å²) in [6, 6.07) is 8.09. The molecule has 9 nitrogen and oxygen atoms in total. The number of esters is 1. The Hall–Kier alpha value is -4.11. The molecule has 0 atom stereocenters. The maximum Gasteiger partial charge on any atom is 0.360 e. The zero-order valence-electron chi connectivity index (χ0n) is 23.9. The van der Waals surface area contributed by atoms with E-state index in [-0.39, 0.29) is 11.8 Å². The number of amides is 1. The number of aryl methyl sites for hydroxylation is 1. The molecule has 0 aliphatic carbocycles. The largest absolute Gasteiger partial charge is 0.493 e. The lowest BCUT2D eigenvalue weighted by atomic mass is 10.0. The van der Waals surface area contributed by atoms with Gasteiger partial charge in [0.2, 0.25) is 0 Å². The summed E-state index contributed by atoms with van der Waals surface area (Å²) in [5.74, 6) is 0.523. The number of nitrogens with zero attached hydrogens (tertiary/aromatic N) is 1. The molecular weight excluding hydrogens is 512 g/mol. The summed E-state index contributed by atoms with van der Waals surface area (Å²) < 4.78 is 22.9. The Morgan fingerprint density at radius 1 is 1.10 bits per heavy atom. The molecular formula is C31H36N2O7. The van der Waals surface area contributed by atoms with Crippen molar-refractivity contribution < 1.29 is 28.2 Å². The van der Waals surface area contributed by atoms with Gasteiger partial charge in [-0.05, 0) is 83.0 Å². The van der Waals surface area contributed by atoms with Crippen molar-refractivity contribution in [2.24, 2.45) is 0 Å². The zero-order valence-corrected chi connectivity index (χ0v) is 23.9. The third-order valence-electron chi connectivity index (χ3n) is 6.89. The summed E-state index contributed by atoms with van der Waals surface area (Å²) in [5, 5.41) is 3.26. The molecule has 212 valence electrons. The fraction of sp³-hybridized carbons (Fsp3) is 0.387. The Balaban J connectivity index is 1.63. The molecule has 1 aliphatic heterocycles. The summed E-state index contributed by atoms with van der Waals surface area (Å²) >= 11 is 0. The number of ether oxygens (including phenoxy) is 3. The SMILES string of the molecule is COc1cc2cc(NC(=O)c3ccc(OC(C)=O)c(CC=C(C)C)c3)c(=O)oc2c(C)c1OC1CCN(C)CC1. The lowest BCUT2D eigenvalue weighted by Gasteiger charge is -2.30. The second kappa shape index (κ2) is 12.4. The molecule has 3 aromatic rings. The molecule has 0 saturated carbocycles. The minimum absolute atomic E-state index is 0.00199. The van der Waals surface area contributed by atoms with Crippen LogP contribution in [0.3, 0.4) is 0 Å². The highest BCUT2D eigenvalue weighted by Crippen LogP contribution is 2.38. The highest BCUT2D eigenvalue weighted by atomic mass is 16.5. The highest BCUT2D eigenvalue weighted by Gasteiger charge is 2.23. The molecule has 9 heteroatoms. The number of piperidine rings is 1. The van der Waals surface area contributed by atoms with Crippen LogP contribution < -0.4 is 25.2 Å². The van der Waals surface area contributed by atoms with E-state index in [1.54, 1.807) is 37.4 Å². The van der Waals surface area contributed by atoms with E-state index in [0.717, 1.165) is 31.5 Å². The van der Waals surface area contributed by atoms with Crippen molar-refractivity contribution in [2.45, 2.75) is 53.1 Å². The van der Waals surface area contributed by atoms with Gasteiger partial charge in [-0.15, -0.1) is 0 Å². The first kappa shape index (κ1) is 28.9. The number of rotatable bonds is 8. The van der Waals surface area contributed by atoms with Crippen molar-refractivity contribution in [1.29, 1.82) is 0 Å². The monoisotopic (exact) mass is 548 g/mol. The van der Waals surface area contributed by atoms with Crippen LogP contribution in [-0.4, -0.2) is 50.1 Å². The fourth-order valence-electron chi connectivity index (χ4n) is 4.68. The normalized spacial score (nSPS) is 14.1. The highest BCUT2D eigenvalue weighted by molar-refractivity contribution is 6.05. The maximum absolute atomic E-state index is 13.2. The van der Waals surface area contributed by atoms with E-state index >= 15 is 0 Å². The van der Waals surface area contributed by atoms with Crippen LogP contribution in [0, 0.1) is 6.92 Å². The standard InChI is InChI=1S/C31H36N2O7/c1-18(2)7-8-21-15-22(9-10-26(21)38-20(4)34)30(35)32-25-16-23-17-27(37-6)29(19(3)28(23)40-31(25)36)39-24-11-13-33(5)14-12-24/h7,9-10,15-17,24H,8,11-14H2,1-6H3,(H,32,35). The second-order valence-electron chi connectivity index (χ2n) is 10.4. The molecule has 1 saturated heterocycles. The molecule has 1 amide bonds. The van der Waals surface area contributed by atoms with E-state index in [2.05, 4.69) is 17.3 Å². The smallest absolute Gasteiger partial charge is 0.360 e. The Morgan fingerprint density at radius 2 is 1.82 bits per heavy atom. The van der Waals surface area contributed by atoms with Crippen molar-refractivity contribution in [3.63, 3.8) is 0 Å². The van der Waals surface area contributed by atoms with Gasteiger partial charge in [0, 0.05) is 36.5 Å². The average Bonchev–Trinajstić information content (AvgIpc) is 2.91. The van der Waals surface area contributed by atoms with Crippen LogP contribution in [0.15, 0.2) is 51.2 Å². The summed E-state index contributed by atoms with van der Waals surface area (Å²) in [6.07, 6.45) is 4.28. The van der Waals surface area contributed by atoms with Crippen LogP contribution in [0.4, 0.5) is 5.69 Å². The molecule has 4 rings (SSSR count). The van der Waals surface area contributed by atoms with Gasteiger partial charge in [0.25, 0.3) is 5.91 Å². The van der Waals surface area contributed by atoms with E-state index in [1.165, 1.54) is 6.92 Å². The molecule has 1 aliphatic rings. The summed E-state index contributed by atoms with van der Waals surface area (Å²) in [7, 11) is 3.65. The number of benzene rings is 2. The average molecular weight is 549 g/mol. The minimum atomic E-state index is -0.680. The van der Waals surface area contributed by atoms with E-state index in [0.29, 0.717) is 51.3 Å². The van der Waals surface area contributed by atoms with Gasteiger partial charge in [-0.2, -0.15) is 0 Å². The molecule has 2 aromatic carbocycles. The van der Waals surface area contributed by atoms with Gasteiger partial charge in [0.05, 0.1) is 7.11 Å². The second-order valence-corrected chi connectivity index (χ2v) is 10.4. The van der Waals surface area contributed by atoms with Gasteiger partial charge in [0.1, 0.15) is 23.1 Å². The van der Waals surface area contributed by atoms with Crippen LogP contribution in [-0.2, 0) is 11.2 Å². The van der Waals surface area contributed by atoms with Gasteiger partial charge >= 0.3 is 11.6 Å². The van der Waals surface area contributed by atoms with Crippen LogP contribution in [0.1, 0.15) is 55.1 Å². The lowest BCUT2D eigenvalue weighted by Crippen LogP contribution is -2.35. The lowest BCUT2D eigenvalue weighted by molar-refractivity contribution is -0.131. The first-order valence-corrected chi connectivity index (χ1v) is 13.3. The number of hydrogen-bond acceptors (Lipinski definition) is 8. The van der Waals surface area contributed by atoms with E-state index in [1.807, 2.05) is 26.8 Å². The Kier molecular flexibility index (Phi) is 8.94. The van der Waals surface area contributed by atoms with Gasteiger partial charge in [0.15, 0.2) is 11.5 Å². The van der Waals surface area contributed by atoms with Gasteiger partial charge in [-0.3, -0.25) is 9.59 Å². The van der Waals surface area contributed by atoms with Crippen molar-refractivity contribution >= 4 is 28.5 Å². The quantitative estimate of drug-likeness (QED) is 0.176. The summed E-state index contributed by atoms with van der Waals surface area (Å²) in [5.41, 5.74) is 2.42. The number of likely N-dealkylation sites (tertiary alicyclic amines) is 1. The van der Waals surface area contributed by atoms with Crippen LogP contribution in [0.2, 0.25) is 0 Å². The molecule has 0 bridgehead atoms. The van der Waals surface area contributed by atoms with E-state index < -0.39 is 17.5 Å². The van der Waals surface area contributed by atoms with Crippen LogP contribution >= 0.6 is 0 Å². The number of methoxy groups -OCH3 is 1. The molecule has 2 heterocycles. The molecule has 1 aromatic heterocycles. The van der Waals surface area contributed by atoms with Gasteiger partial charge in [-0.25, -0.2) is 4.79 Å². The van der Waals surface area contributed by atoms with Crippen molar-refractivity contribution in [1.82, 2.24) is 4.90 Å². The first-order chi connectivity index (χ1) is 19.0. The number of fused-ring (bicyclic) bond motifs is 1. The number of carbonyl (C=O) groups is 2. The predicted octanol–water partition coefficient (Wildman–Crippen LogP) is 5.27. The predicted molar refractivity (Wildman–Crippen MR) is 154 cm³/mol. The van der Waals surface area contributed by atoms with Crippen molar-refractivity contribution in [3.8, 4) is 17.2 Å². The Labute approximate surface area is 233 Å². The van der Waals surface area contributed by atoms with E-state index in [9.17, 15) is 14.4 Å². The van der Waals surface area contributed by atoms with Crippen LogP contribution in [0.5, 0.6) is 17.2 Å². The Bertz CT molecular complexity index is 1510. The number of hydrogen-bond donors (Lipinski definition) is 1. The molecule has 1 N–H and O–H groups in total. The van der Waals surface area contributed by atoms with E-state index in [4.69, 9.17) is 18.6 Å². The maximum atomic E-state index is 13.2. The number of carbonyl (C=O) groups excluding carboxylic acids is 2. The number of anilines is 1. The zero-order chi connectivity index (χ0) is 29.0. The molecule has 1 fully saturated rings. The minimum Gasteiger partial charge on any atom is -0.493 e.